The molecule has 8 heteroatoms. The minimum atomic E-state index is -0.479. The maximum atomic E-state index is 12.5. The highest BCUT2D eigenvalue weighted by Crippen LogP contribution is 2.39. The van der Waals surface area contributed by atoms with Crippen LogP contribution in [0.4, 0.5) is 0 Å². The maximum absolute atomic E-state index is 12.5. The summed E-state index contributed by atoms with van der Waals surface area (Å²) in [5, 5.41) is 12.8. The van der Waals surface area contributed by atoms with Crippen molar-refractivity contribution in [3.05, 3.63) is 68.8 Å². The maximum Gasteiger partial charge on any atom is 0.345 e. The molecule has 0 spiro atoms. The topological polar surface area (TPSA) is 94.6 Å². The molecule has 2 heterocycles. The first kappa shape index (κ1) is 21.2. The molecule has 0 saturated heterocycles. The van der Waals surface area contributed by atoms with Gasteiger partial charge in [-0.2, -0.15) is 5.26 Å². The van der Waals surface area contributed by atoms with E-state index in [1.807, 2.05) is 12.1 Å². The van der Waals surface area contributed by atoms with Gasteiger partial charge in [-0.3, -0.25) is 0 Å². The molecule has 0 fully saturated rings. The Morgan fingerprint density at radius 2 is 1.81 bits per heavy atom. The number of rotatable bonds is 6. The van der Waals surface area contributed by atoms with Crippen molar-refractivity contribution in [1.29, 1.82) is 5.26 Å². The van der Waals surface area contributed by atoms with Gasteiger partial charge in [0.15, 0.2) is 11.5 Å². The van der Waals surface area contributed by atoms with E-state index in [1.54, 1.807) is 41.8 Å². The van der Waals surface area contributed by atoms with Crippen molar-refractivity contribution in [2.45, 2.75) is 0 Å². The molecular formula is C24H18N2O5S. The minimum absolute atomic E-state index is 0.334. The first-order chi connectivity index (χ1) is 15.6. The zero-order valence-electron chi connectivity index (χ0n) is 17.5. The van der Waals surface area contributed by atoms with Crippen molar-refractivity contribution in [1.82, 2.24) is 4.98 Å². The average molecular weight is 446 g/mol. The average Bonchev–Trinajstić information content (AvgIpc) is 3.31. The van der Waals surface area contributed by atoms with Crippen LogP contribution in [0.2, 0.25) is 0 Å². The molecule has 0 aliphatic heterocycles. The fourth-order valence-corrected chi connectivity index (χ4v) is 4.04. The summed E-state index contributed by atoms with van der Waals surface area (Å²) < 4.78 is 21.5. The Kier molecular flexibility index (Phi) is 5.92. The molecule has 7 nitrogen and oxygen atoms in total. The van der Waals surface area contributed by atoms with Gasteiger partial charge in [-0.05, 0) is 35.9 Å². The van der Waals surface area contributed by atoms with Crippen LogP contribution < -0.4 is 19.8 Å². The molecular weight excluding hydrogens is 428 g/mol. The number of methoxy groups -OCH3 is 3. The quantitative estimate of drug-likeness (QED) is 0.304. The monoisotopic (exact) mass is 446 g/mol. The van der Waals surface area contributed by atoms with E-state index in [-0.39, 0.29) is 0 Å². The van der Waals surface area contributed by atoms with Crippen LogP contribution in [0, 0.1) is 11.3 Å². The third-order valence-corrected chi connectivity index (χ3v) is 5.65. The van der Waals surface area contributed by atoms with Crippen LogP contribution in [0.1, 0.15) is 10.6 Å². The van der Waals surface area contributed by atoms with E-state index in [4.69, 9.17) is 18.6 Å². The Balaban J connectivity index is 1.75. The molecule has 0 N–H and O–H groups in total. The van der Waals surface area contributed by atoms with Crippen LogP contribution in [-0.4, -0.2) is 26.3 Å². The number of nitriles is 1. The SMILES string of the molecule is COc1cc(/C=C(\C#N)c2nc(-c3cc4ccccc4oc3=O)cs2)cc(OC)c1OC. The smallest absolute Gasteiger partial charge is 0.345 e. The largest absolute Gasteiger partial charge is 0.493 e. The van der Waals surface area contributed by atoms with E-state index in [1.165, 1.54) is 32.7 Å². The first-order valence-electron chi connectivity index (χ1n) is 9.49. The molecule has 0 radical (unpaired) electrons. The van der Waals surface area contributed by atoms with Gasteiger partial charge in [-0.25, -0.2) is 9.78 Å². The molecule has 0 atom stereocenters. The molecule has 32 heavy (non-hydrogen) atoms. The van der Waals surface area contributed by atoms with Crippen LogP contribution >= 0.6 is 11.3 Å². The standard InChI is InChI=1S/C24H18N2O5S/c1-28-20-9-14(10-21(29-2)22(20)30-3)8-16(12-25)23-26-18(13-32-23)17-11-15-6-4-5-7-19(15)31-24(17)27/h4-11,13H,1-3H3/b16-8+. The number of allylic oxidation sites excluding steroid dienone is 1. The Hall–Kier alpha value is -4.09. The zero-order chi connectivity index (χ0) is 22.7. The van der Waals surface area contributed by atoms with Gasteiger partial charge >= 0.3 is 5.63 Å². The normalized spacial score (nSPS) is 11.2. The second kappa shape index (κ2) is 8.96. The van der Waals surface area contributed by atoms with Gasteiger partial charge < -0.3 is 18.6 Å². The third-order valence-electron chi connectivity index (χ3n) is 4.77. The van der Waals surface area contributed by atoms with E-state index < -0.39 is 5.63 Å². The Labute approximate surface area is 187 Å². The number of aromatic nitrogens is 1. The van der Waals surface area contributed by atoms with Gasteiger partial charge in [-0.15, -0.1) is 11.3 Å². The van der Waals surface area contributed by atoms with Crippen LogP contribution in [0.3, 0.4) is 0 Å². The van der Waals surface area contributed by atoms with Crippen molar-refractivity contribution >= 4 is 34.0 Å². The van der Waals surface area contributed by atoms with Crippen LogP contribution in [0.15, 0.2) is 57.1 Å². The summed E-state index contributed by atoms with van der Waals surface area (Å²) in [7, 11) is 4.58. The number of para-hydroxylation sites is 1. The summed E-state index contributed by atoms with van der Waals surface area (Å²) >= 11 is 1.27. The van der Waals surface area contributed by atoms with Crippen molar-refractivity contribution in [2.75, 3.05) is 21.3 Å². The van der Waals surface area contributed by atoms with E-state index in [2.05, 4.69) is 11.1 Å². The Morgan fingerprint density at radius 3 is 2.47 bits per heavy atom. The number of thiazole rings is 1. The molecule has 0 saturated carbocycles. The van der Waals surface area contributed by atoms with Crippen molar-refractivity contribution in [3.8, 4) is 34.6 Å². The zero-order valence-corrected chi connectivity index (χ0v) is 18.4. The molecule has 2 aromatic heterocycles. The van der Waals surface area contributed by atoms with Crippen molar-refractivity contribution < 1.29 is 18.6 Å². The van der Waals surface area contributed by atoms with Gasteiger partial charge in [0, 0.05) is 10.8 Å². The highest BCUT2D eigenvalue weighted by molar-refractivity contribution is 7.11. The van der Waals surface area contributed by atoms with E-state index in [9.17, 15) is 10.1 Å². The molecule has 4 rings (SSSR count). The lowest BCUT2D eigenvalue weighted by Gasteiger charge is -2.13. The minimum Gasteiger partial charge on any atom is -0.493 e. The molecule has 0 aliphatic carbocycles. The number of benzene rings is 2. The first-order valence-corrected chi connectivity index (χ1v) is 10.4. The lowest BCUT2D eigenvalue weighted by molar-refractivity contribution is 0.324. The molecule has 0 bridgehead atoms. The molecule has 0 aliphatic rings. The lowest BCUT2D eigenvalue weighted by atomic mass is 10.1. The van der Waals surface area contributed by atoms with Crippen molar-refractivity contribution in [2.24, 2.45) is 0 Å². The van der Waals surface area contributed by atoms with Gasteiger partial charge in [0.1, 0.15) is 16.7 Å². The van der Waals surface area contributed by atoms with E-state index >= 15 is 0 Å². The van der Waals surface area contributed by atoms with Gasteiger partial charge in [-0.1, -0.05) is 18.2 Å². The lowest BCUT2D eigenvalue weighted by Crippen LogP contribution is -2.02. The fraction of sp³-hybridized carbons (Fsp3) is 0.125. The number of hydrogen-bond acceptors (Lipinski definition) is 8. The molecule has 0 unspecified atom stereocenters. The van der Waals surface area contributed by atoms with Crippen LogP contribution in [0.5, 0.6) is 17.2 Å². The van der Waals surface area contributed by atoms with Crippen LogP contribution in [0.25, 0.3) is 33.9 Å². The highest BCUT2D eigenvalue weighted by Gasteiger charge is 2.16. The number of fused-ring (bicyclic) bond motifs is 1. The summed E-state index contributed by atoms with van der Waals surface area (Å²) in [5.74, 6) is 1.42. The summed E-state index contributed by atoms with van der Waals surface area (Å²) in [6.07, 6.45) is 1.68. The second-order valence-corrected chi connectivity index (χ2v) is 7.51. The fourth-order valence-electron chi connectivity index (χ4n) is 3.25. The van der Waals surface area contributed by atoms with Gasteiger partial charge in [0.25, 0.3) is 0 Å². The Bertz CT molecular complexity index is 1400. The molecule has 4 aromatic rings. The van der Waals surface area contributed by atoms with Gasteiger partial charge in [0.2, 0.25) is 5.75 Å². The summed E-state index contributed by atoms with van der Waals surface area (Å²) in [6, 6.07) is 14.7. The molecule has 160 valence electrons. The predicted molar refractivity (Wildman–Crippen MR) is 123 cm³/mol. The summed E-state index contributed by atoms with van der Waals surface area (Å²) in [4.78, 5) is 17.0. The molecule has 0 amide bonds. The van der Waals surface area contributed by atoms with Gasteiger partial charge in [0.05, 0.1) is 38.2 Å². The third kappa shape index (κ3) is 3.94. The number of nitrogens with zero attached hydrogens (tertiary/aromatic N) is 2. The van der Waals surface area contributed by atoms with Crippen LogP contribution in [-0.2, 0) is 0 Å². The number of hydrogen-bond donors (Lipinski definition) is 0. The predicted octanol–water partition coefficient (Wildman–Crippen LogP) is 5.01. The Morgan fingerprint density at radius 1 is 1.09 bits per heavy atom. The summed E-state index contributed by atoms with van der Waals surface area (Å²) in [6.45, 7) is 0. The highest BCUT2D eigenvalue weighted by atomic mass is 32.1. The second-order valence-electron chi connectivity index (χ2n) is 6.65. The molecule has 2 aromatic carbocycles. The van der Waals surface area contributed by atoms with Crippen molar-refractivity contribution in [3.63, 3.8) is 0 Å². The van der Waals surface area contributed by atoms with E-state index in [0.29, 0.717) is 50.2 Å². The number of ether oxygens (including phenoxy) is 3. The van der Waals surface area contributed by atoms with E-state index in [0.717, 1.165) is 5.39 Å². The summed E-state index contributed by atoms with van der Waals surface area (Å²) in [5.41, 5.74) is 1.84.